The fraction of sp³-hybridized carbons (Fsp3) is 0.235. The number of hydrogen-bond acceptors (Lipinski definition) is 3. The van der Waals surface area contributed by atoms with Crippen molar-refractivity contribution in [3.8, 4) is 11.8 Å². The Morgan fingerprint density at radius 3 is 2.05 bits per heavy atom. The van der Waals surface area contributed by atoms with Crippen LogP contribution in [0.2, 0.25) is 0 Å². The Labute approximate surface area is 124 Å². The molecule has 102 valence electrons. The van der Waals surface area contributed by atoms with Crippen LogP contribution in [0.5, 0.6) is 5.75 Å². The van der Waals surface area contributed by atoms with Gasteiger partial charge in [0.25, 0.3) is 0 Å². The van der Waals surface area contributed by atoms with E-state index in [4.69, 9.17) is 10.00 Å². The number of thioether (sulfide) groups is 1. The quantitative estimate of drug-likeness (QED) is 0.815. The van der Waals surface area contributed by atoms with E-state index in [0.717, 1.165) is 11.5 Å². The van der Waals surface area contributed by atoms with Crippen LogP contribution >= 0.6 is 11.8 Å². The molecule has 0 aromatic heterocycles. The number of methoxy groups -OCH3 is 1. The van der Waals surface area contributed by atoms with E-state index in [0.29, 0.717) is 10.8 Å². The molecule has 2 rings (SSSR count). The minimum atomic E-state index is 0.290. The normalized spacial score (nSPS) is 11.7. The molecular formula is C17H17NOS. The summed E-state index contributed by atoms with van der Waals surface area (Å²) in [6, 6.07) is 18.2. The van der Waals surface area contributed by atoms with E-state index in [1.54, 1.807) is 7.11 Å². The molecule has 2 aromatic rings. The molecular weight excluding hydrogens is 266 g/mol. The van der Waals surface area contributed by atoms with Crippen LogP contribution in [0, 0.1) is 11.3 Å². The van der Waals surface area contributed by atoms with Crippen molar-refractivity contribution >= 4 is 11.8 Å². The zero-order valence-corrected chi connectivity index (χ0v) is 12.5. The Kier molecular flexibility index (Phi) is 5.09. The van der Waals surface area contributed by atoms with Crippen LogP contribution in [0.25, 0.3) is 0 Å². The highest BCUT2D eigenvalue weighted by atomic mass is 32.2. The van der Waals surface area contributed by atoms with Gasteiger partial charge in [0, 0.05) is 0 Å². The van der Waals surface area contributed by atoms with E-state index >= 15 is 0 Å². The summed E-state index contributed by atoms with van der Waals surface area (Å²) < 4.78 is 5.20. The van der Waals surface area contributed by atoms with E-state index in [9.17, 15) is 0 Å². The minimum Gasteiger partial charge on any atom is -0.497 e. The van der Waals surface area contributed by atoms with Gasteiger partial charge in [-0.25, -0.2) is 0 Å². The third kappa shape index (κ3) is 3.34. The molecule has 20 heavy (non-hydrogen) atoms. The van der Waals surface area contributed by atoms with Crippen molar-refractivity contribution in [2.45, 2.75) is 12.2 Å². The van der Waals surface area contributed by atoms with Gasteiger partial charge in [0.15, 0.2) is 0 Å². The molecule has 0 aliphatic rings. The van der Waals surface area contributed by atoms with E-state index in [1.165, 1.54) is 11.1 Å². The summed E-state index contributed by atoms with van der Waals surface area (Å²) >= 11 is 1.89. The molecule has 0 radical (unpaired) electrons. The lowest BCUT2D eigenvalue weighted by atomic mass is 10.0. The van der Waals surface area contributed by atoms with Crippen LogP contribution in [0.15, 0.2) is 48.5 Å². The first-order valence-corrected chi connectivity index (χ1v) is 7.59. The summed E-state index contributed by atoms with van der Waals surface area (Å²) in [5, 5.41) is 9.17. The monoisotopic (exact) mass is 283 g/mol. The Hall–Kier alpha value is -1.92. The standard InChI is InChI=1S/C17H17NOS/c1-3-20-17(14-6-4-13(12-18)5-7-14)15-8-10-16(19-2)11-9-15/h4-11,17H,3H2,1-2H3. The van der Waals surface area contributed by atoms with Crippen molar-refractivity contribution in [1.82, 2.24) is 0 Å². The summed E-state index contributed by atoms with van der Waals surface area (Å²) in [5.41, 5.74) is 3.17. The molecule has 0 spiro atoms. The van der Waals surface area contributed by atoms with Gasteiger partial charge < -0.3 is 4.74 Å². The highest BCUT2D eigenvalue weighted by Gasteiger charge is 2.14. The molecule has 1 unspecified atom stereocenters. The smallest absolute Gasteiger partial charge is 0.118 e. The lowest BCUT2D eigenvalue weighted by Gasteiger charge is -2.17. The number of hydrogen-bond donors (Lipinski definition) is 0. The van der Waals surface area contributed by atoms with E-state index < -0.39 is 0 Å². The maximum atomic E-state index is 8.88. The third-order valence-corrected chi connectivity index (χ3v) is 4.31. The third-order valence-electron chi connectivity index (χ3n) is 3.09. The van der Waals surface area contributed by atoms with Crippen molar-refractivity contribution in [2.75, 3.05) is 12.9 Å². The summed E-state index contributed by atoms with van der Waals surface area (Å²) in [4.78, 5) is 0. The first-order chi connectivity index (χ1) is 9.78. The maximum Gasteiger partial charge on any atom is 0.118 e. The average Bonchev–Trinajstić information content (AvgIpc) is 2.53. The van der Waals surface area contributed by atoms with Gasteiger partial charge in [0.2, 0.25) is 0 Å². The second-order valence-electron chi connectivity index (χ2n) is 4.34. The van der Waals surface area contributed by atoms with Crippen LogP contribution in [0.1, 0.15) is 28.9 Å². The van der Waals surface area contributed by atoms with Gasteiger partial charge in [-0.2, -0.15) is 5.26 Å². The second-order valence-corrected chi connectivity index (χ2v) is 5.72. The van der Waals surface area contributed by atoms with E-state index in [-0.39, 0.29) is 0 Å². The average molecular weight is 283 g/mol. The van der Waals surface area contributed by atoms with E-state index in [2.05, 4.69) is 25.1 Å². The van der Waals surface area contributed by atoms with Crippen LogP contribution in [0.4, 0.5) is 0 Å². The molecule has 2 nitrogen and oxygen atoms in total. The minimum absolute atomic E-state index is 0.290. The summed E-state index contributed by atoms with van der Waals surface area (Å²) in [5.74, 6) is 1.91. The van der Waals surface area contributed by atoms with E-state index in [1.807, 2.05) is 48.2 Å². The number of nitrogens with zero attached hydrogens (tertiary/aromatic N) is 1. The van der Waals surface area contributed by atoms with Crippen LogP contribution in [-0.2, 0) is 0 Å². The van der Waals surface area contributed by atoms with Gasteiger partial charge in [0.1, 0.15) is 5.75 Å². The van der Waals surface area contributed by atoms with Gasteiger partial charge in [-0.05, 0) is 41.1 Å². The van der Waals surface area contributed by atoms with Crippen molar-refractivity contribution < 1.29 is 4.74 Å². The lowest BCUT2D eigenvalue weighted by Crippen LogP contribution is -1.98. The topological polar surface area (TPSA) is 33.0 Å². The van der Waals surface area contributed by atoms with Gasteiger partial charge in [-0.15, -0.1) is 11.8 Å². The van der Waals surface area contributed by atoms with Crippen LogP contribution < -0.4 is 4.74 Å². The van der Waals surface area contributed by atoms with Gasteiger partial charge in [-0.3, -0.25) is 0 Å². The SMILES string of the molecule is CCSC(c1ccc(C#N)cc1)c1ccc(OC)cc1. The van der Waals surface area contributed by atoms with Crippen LogP contribution in [-0.4, -0.2) is 12.9 Å². The van der Waals surface area contributed by atoms with Crippen LogP contribution in [0.3, 0.4) is 0 Å². The molecule has 0 N–H and O–H groups in total. The molecule has 0 amide bonds. The summed E-state index contributed by atoms with van der Waals surface area (Å²) in [6.07, 6.45) is 0. The van der Waals surface area contributed by atoms with Gasteiger partial charge >= 0.3 is 0 Å². The molecule has 0 fully saturated rings. The van der Waals surface area contributed by atoms with Gasteiger partial charge in [-0.1, -0.05) is 31.2 Å². The number of rotatable bonds is 5. The first kappa shape index (κ1) is 14.5. The molecule has 2 aromatic carbocycles. The Morgan fingerprint density at radius 2 is 1.60 bits per heavy atom. The molecule has 0 aliphatic carbocycles. The number of nitriles is 1. The van der Waals surface area contributed by atoms with Crippen molar-refractivity contribution in [3.63, 3.8) is 0 Å². The fourth-order valence-electron chi connectivity index (χ4n) is 2.06. The zero-order chi connectivity index (χ0) is 14.4. The Balaban J connectivity index is 2.31. The molecule has 3 heteroatoms. The maximum absolute atomic E-state index is 8.88. The molecule has 0 aliphatic heterocycles. The van der Waals surface area contributed by atoms with Crippen molar-refractivity contribution in [3.05, 3.63) is 65.2 Å². The summed E-state index contributed by atoms with van der Waals surface area (Å²) in [6.45, 7) is 2.16. The molecule has 0 heterocycles. The summed E-state index contributed by atoms with van der Waals surface area (Å²) in [7, 11) is 1.67. The fourth-order valence-corrected chi connectivity index (χ4v) is 3.10. The molecule has 1 atom stereocenters. The molecule has 0 bridgehead atoms. The second kappa shape index (κ2) is 7.02. The van der Waals surface area contributed by atoms with Crippen molar-refractivity contribution in [2.24, 2.45) is 0 Å². The predicted octanol–water partition coefficient (Wildman–Crippen LogP) is 4.41. The highest BCUT2D eigenvalue weighted by molar-refractivity contribution is 7.99. The number of benzene rings is 2. The number of ether oxygens (including phenoxy) is 1. The lowest BCUT2D eigenvalue weighted by molar-refractivity contribution is 0.414. The Bertz CT molecular complexity index is 584. The molecule has 0 saturated carbocycles. The highest BCUT2D eigenvalue weighted by Crippen LogP contribution is 2.36. The van der Waals surface area contributed by atoms with Crippen molar-refractivity contribution in [1.29, 1.82) is 5.26 Å². The zero-order valence-electron chi connectivity index (χ0n) is 11.7. The molecule has 0 saturated heterocycles. The largest absolute Gasteiger partial charge is 0.497 e. The Morgan fingerprint density at radius 1 is 1.05 bits per heavy atom. The van der Waals surface area contributed by atoms with Gasteiger partial charge in [0.05, 0.1) is 24.0 Å². The first-order valence-electron chi connectivity index (χ1n) is 6.54. The predicted molar refractivity (Wildman–Crippen MR) is 84.1 cm³/mol.